The summed E-state index contributed by atoms with van der Waals surface area (Å²) < 4.78 is 29.4. The standard InChI is InChI=1S/C12H16FNO3/c1-14-9-6-16-12(17-7-9)8-3-4-11(15-2)10(13)5-8/h3-5,9,12,14H,6-7H2,1-2H3. The first-order chi connectivity index (χ1) is 8.24. The fraction of sp³-hybridized carbons (Fsp3) is 0.500. The third-order valence-corrected chi connectivity index (χ3v) is 2.75. The minimum absolute atomic E-state index is 0.189. The number of rotatable bonds is 3. The van der Waals surface area contributed by atoms with Gasteiger partial charge in [0, 0.05) is 5.56 Å². The maximum absolute atomic E-state index is 13.5. The summed E-state index contributed by atoms with van der Waals surface area (Å²) in [5.41, 5.74) is 0.665. The van der Waals surface area contributed by atoms with Crippen LogP contribution < -0.4 is 10.1 Å². The summed E-state index contributed by atoms with van der Waals surface area (Å²) >= 11 is 0. The molecule has 0 bridgehead atoms. The average Bonchev–Trinajstić information content (AvgIpc) is 2.39. The molecule has 17 heavy (non-hydrogen) atoms. The normalized spacial score (nSPS) is 24.6. The van der Waals surface area contributed by atoms with E-state index in [0.29, 0.717) is 18.8 Å². The molecule has 2 rings (SSSR count). The van der Waals surface area contributed by atoms with E-state index in [0.717, 1.165) is 0 Å². The smallest absolute Gasteiger partial charge is 0.184 e. The fourth-order valence-corrected chi connectivity index (χ4v) is 1.69. The SMILES string of the molecule is CNC1COC(c2ccc(OC)c(F)c2)OC1. The Labute approximate surface area is 99.7 Å². The van der Waals surface area contributed by atoms with E-state index in [4.69, 9.17) is 14.2 Å². The van der Waals surface area contributed by atoms with Crippen molar-refractivity contribution < 1.29 is 18.6 Å². The Balaban J connectivity index is 2.06. The highest BCUT2D eigenvalue weighted by Gasteiger charge is 2.23. The molecule has 1 aromatic carbocycles. The van der Waals surface area contributed by atoms with Gasteiger partial charge in [0.2, 0.25) is 0 Å². The maximum Gasteiger partial charge on any atom is 0.184 e. The molecule has 0 amide bonds. The van der Waals surface area contributed by atoms with Gasteiger partial charge in [-0.3, -0.25) is 0 Å². The number of ether oxygens (including phenoxy) is 3. The number of methoxy groups -OCH3 is 1. The lowest BCUT2D eigenvalue weighted by atomic mass is 10.2. The molecule has 1 aliphatic heterocycles. The second kappa shape index (κ2) is 5.44. The first-order valence-corrected chi connectivity index (χ1v) is 5.48. The lowest BCUT2D eigenvalue weighted by molar-refractivity contribution is -0.193. The van der Waals surface area contributed by atoms with Gasteiger partial charge in [0.25, 0.3) is 0 Å². The molecule has 0 saturated carbocycles. The first-order valence-electron chi connectivity index (χ1n) is 5.48. The molecule has 1 N–H and O–H groups in total. The largest absolute Gasteiger partial charge is 0.494 e. The molecule has 4 nitrogen and oxygen atoms in total. The Morgan fingerprint density at radius 2 is 2.06 bits per heavy atom. The van der Waals surface area contributed by atoms with E-state index < -0.39 is 12.1 Å². The molecule has 1 fully saturated rings. The minimum atomic E-state index is -0.500. The van der Waals surface area contributed by atoms with E-state index in [-0.39, 0.29) is 11.8 Å². The van der Waals surface area contributed by atoms with Crippen molar-refractivity contribution in [2.75, 3.05) is 27.4 Å². The topological polar surface area (TPSA) is 39.7 Å². The van der Waals surface area contributed by atoms with Crippen LogP contribution in [0.15, 0.2) is 18.2 Å². The predicted molar refractivity (Wildman–Crippen MR) is 60.4 cm³/mol. The molecule has 0 unspecified atom stereocenters. The van der Waals surface area contributed by atoms with Gasteiger partial charge in [-0.05, 0) is 19.2 Å². The Bertz CT molecular complexity index is 378. The summed E-state index contributed by atoms with van der Waals surface area (Å²) in [6, 6.07) is 4.88. The van der Waals surface area contributed by atoms with Crippen molar-refractivity contribution in [1.29, 1.82) is 0 Å². The summed E-state index contributed by atoms with van der Waals surface area (Å²) in [7, 11) is 3.29. The van der Waals surface area contributed by atoms with Crippen molar-refractivity contribution in [3.63, 3.8) is 0 Å². The van der Waals surface area contributed by atoms with Crippen molar-refractivity contribution >= 4 is 0 Å². The van der Waals surface area contributed by atoms with Crippen LogP contribution in [0.4, 0.5) is 4.39 Å². The highest BCUT2D eigenvalue weighted by atomic mass is 19.1. The lowest BCUT2D eigenvalue weighted by Gasteiger charge is -2.29. The van der Waals surface area contributed by atoms with Crippen LogP contribution in [0.1, 0.15) is 11.9 Å². The molecule has 5 heteroatoms. The molecule has 0 atom stereocenters. The van der Waals surface area contributed by atoms with E-state index in [1.807, 2.05) is 7.05 Å². The second-order valence-corrected chi connectivity index (χ2v) is 3.88. The molecular formula is C12H16FNO3. The monoisotopic (exact) mass is 241 g/mol. The molecule has 0 aliphatic carbocycles. The Morgan fingerprint density at radius 3 is 2.59 bits per heavy atom. The Morgan fingerprint density at radius 1 is 1.35 bits per heavy atom. The van der Waals surface area contributed by atoms with Gasteiger partial charge in [-0.25, -0.2) is 4.39 Å². The number of likely N-dealkylation sites (N-methyl/N-ethyl adjacent to an activating group) is 1. The van der Waals surface area contributed by atoms with Crippen molar-refractivity contribution in [2.45, 2.75) is 12.3 Å². The van der Waals surface area contributed by atoms with Gasteiger partial charge >= 0.3 is 0 Å². The van der Waals surface area contributed by atoms with Gasteiger partial charge in [-0.2, -0.15) is 0 Å². The van der Waals surface area contributed by atoms with E-state index in [1.165, 1.54) is 13.2 Å². The number of benzene rings is 1. The van der Waals surface area contributed by atoms with Gasteiger partial charge in [0.05, 0.1) is 26.4 Å². The van der Waals surface area contributed by atoms with Crippen LogP contribution in [-0.2, 0) is 9.47 Å². The number of hydrogen-bond acceptors (Lipinski definition) is 4. The van der Waals surface area contributed by atoms with Crippen molar-refractivity contribution in [2.24, 2.45) is 0 Å². The van der Waals surface area contributed by atoms with Crippen LogP contribution in [0.25, 0.3) is 0 Å². The zero-order valence-corrected chi connectivity index (χ0v) is 9.90. The highest BCUT2D eigenvalue weighted by Crippen LogP contribution is 2.26. The quantitative estimate of drug-likeness (QED) is 0.870. The molecular weight excluding hydrogens is 225 g/mol. The average molecular weight is 241 g/mol. The van der Waals surface area contributed by atoms with E-state index >= 15 is 0 Å². The summed E-state index contributed by atoms with van der Waals surface area (Å²) in [6.07, 6.45) is -0.500. The van der Waals surface area contributed by atoms with Gasteiger partial charge in [-0.15, -0.1) is 0 Å². The number of hydrogen-bond donors (Lipinski definition) is 1. The zero-order valence-electron chi connectivity index (χ0n) is 9.90. The zero-order chi connectivity index (χ0) is 12.3. The van der Waals surface area contributed by atoms with Gasteiger partial charge in [0.15, 0.2) is 17.9 Å². The lowest BCUT2D eigenvalue weighted by Crippen LogP contribution is -2.40. The Kier molecular flexibility index (Phi) is 3.93. The molecule has 0 radical (unpaired) electrons. The first kappa shape index (κ1) is 12.3. The molecule has 1 saturated heterocycles. The molecule has 1 aromatic rings. The van der Waals surface area contributed by atoms with Crippen LogP contribution in [0.5, 0.6) is 5.75 Å². The molecule has 0 spiro atoms. The summed E-state index contributed by atoms with van der Waals surface area (Å²) in [4.78, 5) is 0. The van der Waals surface area contributed by atoms with Gasteiger partial charge in [-0.1, -0.05) is 6.07 Å². The maximum atomic E-state index is 13.5. The second-order valence-electron chi connectivity index (χ2n) is 3.88. The molecule has 1 aliphatic rings. The molecule has 94 valence electrons. The summed E-state index contributed by atoms with van der Waals surface area (Å²) in [6.45, 7) is 1.10. The van der Waals surface area contributed by atoms with E-state index in [9.17, 15) is 4.39 Å². The number of halogens is 1. The summed E-state index contributed by atoms with van der Waals surface area (Å²) in [5, 5.41) is 3.06. The van der Waals surface area contributed by atoms with Crippen LogP contribution in [0, 0.1) is 5.82 Å². The fourth-order valence-electron chi connectivity index (χ4n) is 1.69. The van der Waals surface area contributed by atoms with E-state index in [1.54, 1.807) is 12.1 Å². The highest BCUT2D eigenvalue weighted by molar-refractivity contribution is 5.30. The van der Waals surface area contributed by atoms with Crippen LogP contribution in [0.2, 0.25) is 0 Å². The predicted octanol–water partition coefficient (Wildman–Crippen LogP) is 1.47. The van der Waals surface area contributed by atoms with Gasteiger partial charge in [0.1, 0.15) is 0 Å². The van der Waals surface area contributed by atoms with Crippen LogP contribution >= 0.6 is 0 Å². The van der Waals surface area contributed by atoms with Crippen LogP contribution in [0.3, 0.4) is 0 Å². The van der Waals surface area contributed by atoms with E-state index in [2.05, 4.69) is 5.32 Å². The van der Waals surface area contributed by atoms with Crippen molar-refractivity contribution in [3.05, 3.63) is 29.6 Å². The minimum Gasteiger partial charge on any atom is -0.494 e. The molecule has 1 heterocycles. The number of nitrogens with one attached hydrogen (secondary N) is 1. The van der Waals surface area contributed by atoms with Crippen LogP contribution in [-0.4, -0.2) is 33.4 Å². The Hall–Kier alpha value is -1.17. The van der Waals surface area contributed by atoms with Gasteiger partial charge < -0.3 is 19.5 Å². The summed E-state index contributed by atoms with van der Waals surface area (Å²) in [5.74, 6) is -0.189. The van der Waals surface area contributed by atoms with Crippen molar-refractivity contribution in [1.82, 2.24) is 5.32 Å². The third kappa shape index (κ3) is 2.74. The van der Waals surface area contributed by atoms with Crippen molar-refractivity contribution in [3.8, 4) is 5.75 Å². The third-order valence-electron chi connectivity index (χ3n) is 2.75. The molecule has 0 aromatic heterocycles.